The monoisotopic (exact) mass is 430 g/mol. The van der Waals surface area contributed by atoms with Gasteiger partial charge in [-0.15, -0.1) is 0 Å². The molecule has 0 nitrogen and oxygen atoms in total. The molecule has 0 unspecified atom stereocenters. The molecular weight excluding hydrogens is 421 g/mol. The van der Waals surface area contributed by atoms with Crippen molar-refractivity contribution in [2.45, 2.75) is 0 Å². The molecule has 94 valence electrons. The van der Waals surface area contributed by atoms with Gasteiger partial charge in [0.25, 0.3) is 0 Å². The topological polar surface area (TPSA) is 0 Å². The molecule has 0 heterocycles. The van der Waals surface area contributed by atoms with Crippen LogP contribution in [0.5, 0.6) is 0 Å². The molecule has 0 spiro atoms. The molecule has 0 atom stereocenters. The van der Waals surface area contributed by atoms with Crippen molar-refractivity contribution in [3.8, 4) is 0 Å². The van der Waals surface area contributed by atoms with Crippen LogP contribution in [0.3, 0.4) is 0 Å². The Morgan fingerprint density at radius 1 is 0.667 bits per heavy atom. The van der Waals surface area contributed by atoms with Gasteiger partial charge >= 0.3 is 0 Å². The lowest BCUT2D eigenvalue weighted by molar-refractivity contribution is 2.18. The first-order chi connectivity index (χ1) is 7.06. The minimum atomic E-state index is -0.423. The van der Waals surface area contributed by atoms with E-state index in [9.17, 15) is 0 Å². The smallest absolute Gasteiger partial charge is 0.00000000382 e. The van der Waals surface area contributed by atoms with Crippen LogP contribution in [-0.2, 0) is 0 Å². The highest BCUT2D eigenvalue weighted by molar-refractivity contribution is 9.55. The van der Waals surface area contributed by atoms with Gasteiger partial charge in [-0.25, -0.2) is 0 Å². The van der Waals surface area contributed by atoms with Gasteiger partial charge in [0.05, 0.1) is 0 Å². The summed E-state index contributed by atoms with van der Waals surface area (Å²) in [4.78, 5) is 0. The van der Waals surface area contributed by atoms with Crippen molar-refractivity contribution in [1.29, 1.82) is 0 Å². The Morgan fingerprint density at radius 3 is 1.47 bits per heavy atom. The summed E-state index contributed by atoms with van der Waals surface area (Å²) in [6.07, 6.45) is 6.95. The molecule has 0 aliphatic rings. The highest BCUT2D eigenvalue weighted by atomic mass is 34.0. The standard InChI is InChI=1S/C3H10S12/c1-15(2,3)14-13-12-11-10-9-8-7-6-5-4/h4H,1-3H3. The molecule has 15 heavy (non-hydrogen) atoms. The number of hydrogen-bond acceptors (Lipinski definition) is 11. The van der Waals surface area contributed by atoms with E-state index in [-0.39, 0.29) is 0 Å². The van der Waals surface area contributed by atoms with E-state index in [0.717, 1.165) is 0 Å². The van der Waals surface area contributed by atoms with Crippen molar-refractivity contribution < 1.29 is 0 Å². The molecule has 0 aromatic heterocycles. The molecular formula is C3H10S12. The fourth-order valence-electron chi connectivity index (χ4n) is 0.175. The fourth-order valence-corrected chi connectivity index (χ4v) is 29.1. The van der Waals surface area contributed by atoms with E-state index < -0.39 is 9.06 Å². The maximum absolute atomic E-state index is 4.03. The Hall–Kier alpha value is 4.20. The average Bonchev–Trinajstić information content (AvgIpc) is 2.14. The zero-order valence-electron chi connectivity index (χ0n) is 7.94. The Balaban J connectivity index is 2.99. The summed E-state index contributed by atoms with van der Waals surface area (Å²) < 4.78 is 0. The first-order valence-corrected chi connectivity index (χ1v) is 20.3. The molecule has 0 saturated carbocycles. The predicted molar refractivity (Wildman–Crippen MR) is 110 cm³/mol. The van der Waals surface area contributed by atoms with Crippen LogP contribution in [0.25, 0.3) is 0 Å². The van der Waals surface area contributed by atoms with Crippen LogP contribution in [0.1, 0.15) is 0 Å². The molecule has 0 aromatic carbocycles. The van der Waals surface area contributed by atoms with E-state index in [4.69, 9.17) is 0 Å². The van der Waals surface area contributed by atoms with Gasteiger partial charge in [0.15, 0.2) is 0 Å². The maximum atomic E-state index is 4.03. The van der Waals surface area contributed by atoms with E-state index in [1.807, 2.05) is 49.1 Å². The first kappa shape index (κ1) is 19.2. The molecule has 0 bridgehead atoms. The van der Waals surface area contributed by atoms with E-state index in [2.05, 4.69) is 30.4 Å². The lowest BCUT2D eigenvalue weighted by Gasteiger charge is -2.21. The number of thiol groups is 1. The van der Waals surface area contributed by atoms with Crippen LogP contribution in [0, 0.1) is 0 Å². The van der Waals surface area contributed by atoms with Gasteiger partial charge in [-0.05, 0) is 117 Å². The number of hydrogen-bond donors (Lipinski definition) is 1. The highest BCUT2D eigenvalue weighted by Crippen LogP contribution is 2.65. The van der Waals surface area contributed by atoms with Crippen molar-refractivity contribution in [3.05, 3.63) is 0 Å². The lowest BCUT2D eigenvalue weighted by Crippen LogP contribution is -1.78. The molecule has 0 aromatic rings. The van der Waals surface area contributed by atoms with Crippen molar-refractivity contribution in [1.82, 2.24) is 0 Å². The summed E-state index contributed by atoms with van der Waals surface area (Å²) in [5.74, 6) is 0. The zero-order chi connectivity index (χ0) is 11.6. The Labute approximate surface area is 135 Å². The largest absolute Gasteiger partial charge is 0.191 e. The molecule has 0 rings (SSSR count). The second kappa shape index (κ2) is 13.2. The van der Waals surface area contributed by atoms with E-state index >= 15 is 0 Å². The molecule has 0 aliphatic carbocycles. The van der Waals surface area contributed by atoms with Crippen molar-refractivity contribution >= 4 is 119 Å². The molecule has 0 N–H and O–H groups in total. The van der Waals surface area contributed by atoms with Crippen LogP contribution in [0.4, 0.5) is 0 Å². The minimum absolute atomic E-state index is 0.423. The van der Waals surface area contributed by atoms with E-state index in [1.165, 1.54) is 9.83 Å². The molecule has 0 fully saturated rings. The van der Waals surface area contributed by atoms with Crippen LogP contribution in [0.15, 0.2) is 0 Å². The predicted octanol–water partition coefficient (Wildman–Crippen LogP) is 8.01. The van der Waals surface area contributed by atoms with Gasteiger partial charge in [-0.1, -0.05) is 11.7 Å². The van der Waals surface area contributed by atoms with Gasteiger partial charge in [-0.3, -0.25) is 0 Å². The zero-order valence-corrected chi connectivity index (χ0v) is 17.8. The second-order valence-corrected chi connectivity index (χ2v) is 26.7. The highest BCUT2D eigenvalue weighted by Gasteiger charge is 2.05. The van der Waals surface area contributed by atoms with E-state index in [0.29, 0.717) is 0 Å². The number of rotatable bonds is 10. The maximum Gasteiger partial charge on any atom is -0.00000000382 e. The van der Waals surface area contributed by atoms with Crippen LogP contribution < -0.4 is 0 Å². The van der Waals surface area contributed by atoms with E-state index in [1.54, 1.807) is 39.3 Å². The van der Waals surface area contributed by atoms with Crippen LogP contribution in [0.2, 0.25) is 0 Å². The lowest BCUT2D eigenvalue weighted by atomic mass is 11.9. The van der Waals surface area contributed by atoms with Gasteiger partial charge in [0, 0.05) is 0 Å². The second-order valence-electron chi connectivity index (χ2n) is 2.41. The van der Waals surface area contributed by atoms with Gasteiger partial charge in [0.2, 0.25) is 0 Å². The van der Waals surface area contributed by atoms with Crippen LogP contribution in [-0.4, -0.2) is 18.8 Å². The Morgan fingerprint density at radius 2 is 1.07 bits per heavy atom. The molecule has 0 aliphatic heterocycles. The van der Waals surface area contributed by atoms with Gasteiger partial charge in [0.1, 0.15) is 0 Å². The van der Waals surface area contributed by atoms with Gasteiger partial charge < -0.3 is 0 Å². The third kappa shape index (κ3) is 18.2. The van der Waals surface area contributed by atoms with Crippen molar-refractivity contribution in [3.63, 3.8) is 0 Å². The quantitative estimate of drug-likeness (QED) is 0.204. The summed E-state index contributed by atoms with van der Waals surface area (Å²) in [6.45, 7) is 0. The Bertz CT molecular complexity index is 129. The summed E-state index contributed by atoms with van der Waals surface area (Å²) in [6, 6.07) is 0. The molecule has 12 heteroatoms. The summed E-state index contributed by atoms with van der Waals surface area (Å²) in [5.41, 5.74) is 0. The normalized spacial score (nSPS) is 13.1. The average molecular weight is 431 g/mol. The van der Waals surface area contributed by atoms with Crippen molar-refractivity contribution in [2.75, 3.05) is 18.8 Å². The Kier molecular flexibility index (Phi) is 16.9. The molecule has 0 radical (unpaired) electrons. The van der Waals surface area contributed by atoms with Crippen LogP contribution >= 0.6 is 119 Å². The summed E-state index contributed by atoms with van der Waals surface area (Å²) in [7, 11) is 17.5. The third-order valence-electron chi connectivity index (χ3n) is 0.457. The molecule has 0 saturated heterocycles. The molecule has 0 amide bonds. The summed E-state index contributed by atoms with van der Waals surface area (Å²) >= 11 is 4.03. The fraction of sp³-hybridized carbons (Fsp3) is 1.00. The SMILES string of the molecule is CS(C)(C)SSSSSSSSSSS. The van der Waals surface area contributed by atoms with Crippen molar-refractivity contribution in [2.24, 2.45) is 0 Å². The third-order valence-corrected chi connectivity index (χ3v) is 26.0. The summed E-state index contributed by atoms with van der Waals surface area (Å²) in [5, 5.41) is 0. The minimum Gasteiger partial charge on any atom is -0.191 e. The first-order valence-electron chi connectivity index (χ1n) is 3.07. The van der Waals surface area contributed by atoms with Gasteiger partial charge in [-0.2, -0.15) is 9.06 Å².